The molecule has 0 radical (unpaired) electrons. The number of carbonyl (C=O) groups excluding carboxylic acids is 1. The Morgan fingerprint density at radius 3 is 2.69 bits per heavy atom. The van der Waals surface area contributed by atoms with Gasteiger partial charge < -0.3 is 19.9 Å². The highest BCUT2D eigenvalue weighted by Gasteiger charge is 2.19. The fourth-order valence-electron chi connectivity index (χ4n) is 3.04. The minimum atomic E-state index is -0.971. The zero-order chi connectivity index (χ0) is 18.5. The van der Waals surface area contributed by atoms with Gasteiger partial charge in [-0.3, -0.25) is 9.59 Å². The van der Waals surface area contributed by atoms with Gasteiger partial charge in [0.15, 0.2) is 0 Å². The SMILES string of the molecule is COc1ccc([C@@H](CC(=O)O)NC(=O)Cc2ccc3c(c2)CCO3)cc1. The Hall–Kier alpha value is -3.02. The average molecular weight is 355 g/mol. The number of carboxylic acids is 1. The molecule has 0 aliphatic carbocycles. The Balaban J connectivity index is 1.69. The molecule has 0 saturated carbocycles. The molecule has 1 amide bonds. The molecule has 0 spiro atoms. The van der Waals surface area contributed by atoms with E-state index in [0.29, 0.717) is 12.4 Å². The molecule has 2 aromatic carbocycles. The van der Waals surface area contributed by atoms with Crippen molar-refractivity contribution < 1.29 is 24.2 Å². The van der Waals surface area contributed by atoms with Crippen molar-refractivity contribution in [2.75, 3.05) is 13.7 Å². The molecule has 0 unspecified atom stereocenters. The van der Waals surface area contributed by atoms with Crippen LogP contribution in [0.3, 0.4) is 0 Å². The molecule has 1 aliphatic heterocycles. The highest BCUT2D eigenvalue weighted by atomic mass is 16.5. The third-order valence-electron chi connectivity index (χ3n) is 4.35. The van der Waals surface area contributed by atoms with E-state index in [1.807, 2.05) is 18.2 Å². The van der Waals surface area contributed by atoms with Gasteiger partial charge in [0.25, 0.3) is 0 Å². The van der Waals surface area contributed by atoms with E-state index in [2.05, 4.69) is 5.32 Å². The molecule has 6 nitrogen and oxygen atoms in total. The van der Waals surface area contributed by atoms with Gasteiger partial charge in [0, 0.05) is 6.42 Å². The normalized spacial score (nSPS) is 13.4. The molecule has 2 aromatic rings. The molecule has 0 bridgehead atoms. The number of benzene rings is 2. The molecule has 1 atom stereocenters. The first-order valence-electron chi connectivity index (χ1n) is 8.45. The number of aliphatic carboxylic acids is 1. The summed E-state index contributed by atoms with van der Waals surface area (Å²) in [5, 5.41) is 12.0. The predicted octanol–water partition coefficient (Wildman–Crippen LogP) is 2.50. The Labute approximate surface area is 151 Å². The fraction of sp³-hybridized carbons (Fsp3) is 0.300. The smallest absolute Gasteiger partial charge is 0.305 e. The molecule has 136 valence electrons. The second-order valence-corrected chi connectivity index (χ2v) is 6.21. The van der Waals surface area contributed by atoms with Crippen LogP contribution in [0.25, 0.3) is 0 Å². The highest BCUT2D eigenvalue weighted by Crippen LogP contribution is 2.26. The molecule has 26 heavy (non-hydrogen) atoms. The summed E-state index contributed by atoms with van der Waals surface area (Å²) in [5.41, 5.74) is 2.71. The van der Waals surface area contributed by atoms with Gasteiger partial charge in [0.2, 0.25) is 5.91 Å². The molecular weight excluding hydrogens is 334 g/mol. The predicted molar refractivity (Wildman–Crippen MR) is 95.5 cm³/mol. The maximum atomic E-state index is 12.4. The lowest BCUT2D eigenvalue weighted by Gasteiger charge is -2.18. The Kier molecular flexibility index (Phi) is 5.41. The van der Waals surface area contributed by atoms with Gasteiger partial charge in [-0.15, -0.1) is 0 Å². The van der Waals surface area contributed by atoms with Gasteiger partial charge in [-0.25, -0.2) is 0 Å². The van der Waals surface area contributed by atoms with Gasteiger partial charge in [0.05, 0.1) is 32.6 Å². The summed E-state index contributed by atoms with van der Waals surface area (Å²) in [6.45, 7) is 0.670. The minimum absolute atomic E-state index is 0.184. The Morgan fingerprint density at radius 1 is 1.23 bits per heavy atom. The molecule has 2 N–H and O–H groups in total. The third-order valence-corrected chi connectivity index (χ3v) is 4.35. The largest absolute Gasteiger partial charge is 0.497 e. The molecule has 0 saturated heterocycles. The zero-order valence-corrected chi connectivity index (χ0v) is 14.5. The number of hydrogen-bond donors (Lipinski definition) is 2. The molecule has 0 fully saturated rings. The topological polar surface area (TPSA) is 84.9 Å². The number of carboxylic acid groups (broad SMARTS) is 1. The van der Waals surface area contributed by atoms with E-state index in [1.54, 1.807) is 31.4 Å². The van der Waals surface area contributed by atoms with Crippen molar-refractivity contribution in [2.24, 2.45) is 0 Å². The van der Waals surface area contributed by atoms with Crippen LogP contribution in [-0.4, -0.2) is 30.7 Å². The van der Waals surface area contributed by atoms with Crippen LogP contribution in [0.4, 0.5) is 0 Å². The summed E-state index contributed by atoms with van der Waals surface area (Å²) in [7, 11) is 1.56. The number of amides is 1. The van der Waals surface area contributed by atoms with Gasteiger partial charge >= 0.3 is 5.97 Å². The van der Waals surface area contributed by atoms with Gasteiger partial charge in [-0.2, -0.15) is 0 Å². The first-order valence-corrected chi connectivity index (χ1v) is 8.45. The Bertz CT molecular complexity index is 800. The van der Waals surface area contributed by atoms with E-state index in [9.17, 15) is 9.59 Å². The number of carbonyl (C=O) groups is 2. The second-order valence-electron chi connectivity index (χ2n) is 6.21. The maximum Gasteiger partial charge on any atom is 0.305 e. The number of hydrogen-bond acceptors (Lipinski definition) is 4. The zero-order valence-electron chi connectivity index (χ0n) is 14.5. The van der Waals surface area contributed by atoms with Crippen LogP contribution in [0.15, 0.2) is 42.5 Å². The second kappa shape index (κ2) is 7.91. The lowest BCUT2D eigenvalue weighted by Crippen LogP contribution is -2.31. The van der Waals surface area contributed by atoms with Crippen molar-refractivity contribution in [2.45, 2.75) is 25.3 Å². The van der Waals surface area contributed by atoms with Gasteiger partial charge in [-0.05, 0) is 34.9 Å². The van der Waals surface area contributed by atoms with E-state index in [4.69, 9.17) is 14.6 Å². The number of fused-ring (bicyclic) bond motifs is 1. The summed E-state index contributed by atoms with van der Waals surface area (Å²) in [5.74, 6) is 0.359. The van der Waals surface area contributed by atoms with E-state index in [1.165, 1.54) is 0 Å². The summed E-state index contributed by atoms with van der Waals surface area (Å²) in [6, 6.07) is 12.1. The number of methoxy groups -OCH3 is 1. The Morgan fingerprint density at radius 2 is 2.00 bits per heavy atom. The van der Waals surface area contributed by atoms with Crippen molar-refractivity contribution in [3.05, 3.63) is 59.2 Å². The highest BCUT2D eigenvalue weighted by molar-refractivity contribution is 5.80. The maximum absolute atomic E-state index is 12.4. The van der Waals surface area contributed by atoms with Crippen molar-refractivity contribution in [1.29, 1.82) is 0 Å². The van der Waals surface area contributed by atoms with Crippen LogP contribution in [0.1, 0.15) is 29.2 Å². The fourth-order valence-corrected chi connectivity index (χ4v) is 3.04. The summed E-state index contributed by atoms with van der Waals surface area (Å²) >= 11 is 0. The summed E-state index contributed by atoms with van der Waals surface area (Å²) in [6.07, 6.45) is 0.855. The van der Waals surface area contributed by atoms with Crippen LogP contribution in [0.2, 0.25) is 0 Å². The summed E-state index contributed by atoms with van der Waals surface area (Å²) in [4.78, 5) is 23.6. The van der Waals surface area contributed by atoms with Crippen molar-refractivity contribution >= 4 is 11.9 Å². The lowest BCUT2D eigenvalue weighted by molar-refractivity contribution is -0.137. The molecule has 3 rings (SSSR count). The average Bonchev–Trinajstić information content (AvgIpc) is 3.08. The quantitative estimate of drug-likeness (QED) is 0.797. The van der Waals surface area contributed by atoms with E-state index < -0.39 is 12.0 Å². The minimum Gasteiger partial charge on any atom is -0.497 e. The van der Waals surface area contributed by atoms with E-state index in [-0.39, 0.29) is 18.7 Å². The first-order chi connectivity index (χ1) is 12.5. The van der Waals surface area contributed by atoms with Crippen LogP contribution in [0, 0.1) is 0 Å². The number of nitrogens with one attached hydrogen (secondary N) is 1. The molecule has 0 aromatic heterocycles. The van der Waals surface area contributed by atoms with Crippen LogP contribution in [-0.2, 0) is 22.4 Å². The summed E-state index contributed by atoms with van der Waals surface area (Å²) < 4.78 is 10.6. The van der Waals surface area contributed by atoms with Crippen molar-refractivity contribution in [3.8, 4) is 11.5 Å². The molecular formula is C20H21NO5. The molecule has 1 aliphatic rings. The lowest BCUT2D eigenvalue weighted by atomic mass is 10.0. The number of ether oxygens (including phenoxy) is 2. The molecule has 1 heterocycles. The first kappa shape index (κ1) is 17.8. The van der Waals surface area contributed by atoms with Gasteiger partial charge in [-0.1, -0.05) is 24.3 Å². The van der Waals surface area contributed by atoms with E-state index >= 15 is 0 Å². The standard InChI is InChI=1S/C20H21NO5/c1-25-16-5-3-14(4-6-16)17(12-20(23)24)21-19(22)11-13-2-7-18-15(10-13)8-9-26-18/h2-7,10,17H,8-9,11-12H2,1H3,(H,21,22)(H,23,24)/t17-/m1/s1. The van der Waals surface area contributed by atoms with Crippen molar-refractivity contribution in [3.63, 3.8) is 0 Å². The third kappa shape index (κ3) is 4.33. The molecule has 6 heteroatoms. The van der Waals surface area contributed by atoms with Crippen LogP contribution >= 0.6 is 0 Å². The van der Waals surface area contributed by atoms with E-state index in [0.717, 1.165) is 28.9 Å². The van der Waals surface area contributed by atoms with Gasteiger partial charge in [0.1, 0.15) is 11.5 Å². The monoisotopic (exact) mass is 355 g/mol. The van der Waals surface area contributed by atoms with Crippen molar-refractivity contribution in [1.82, 2.24) is 5.32 Å². The van der Waals surface area contributed by atoms with Crippen LogP contribution in [0.5, 0.6) is 11.5 Å². The number of rotatable bonds is 7. The van der Waals surface area contributed by atoms with Crippen LogP contribution < -0.4 is 14.8 Å².